The summed E-state index contributed by atoms with van der Waals surface area (Å²) in [4.78, 5) is 12.8. The second-order valence-corrected chi connectivity index (χ2v) is 3.65. The summed E-state index contributed by atoms with van der Waals surface area (Å²) in [5.41, 5.74) is 5.13. The van der Waals surface area contributed by atoms with E-state index < -0.39 is 0 Å². The van der Waals surface area contributed by atoms with Gasteiger partial charge in [-0.2, -0.15) is 0 Å². The lowest BCUT2D eigenvalue weighted by molar-refractivity contribution is -0.119. The molecule has 0 unspecified atom stereocenters. The molecule has 1 rings (SSSR count). The molecule has 1 aliphatic heterocycles. The third kappa shape index (κ3) is 3.74. The lowest BCUT2D eigenvalue weighted by Crippen LogP contribution is -2.44. The number of hydrogen-bond acceptors (Lipinski definition) is 3. The largest absolute Gasteiger partial charge is 0.369 e. The van der Waals surface area contributed by atoms with Crippen LogP contribution in [0.5, 0.6) is 0 Å². The van der Waals surface area contributed by atoms with Crippen molar-refractivity contribution in [1.29, 1.82) is 0 Å². The van der Waals surface area contributed by atoms with E-state index in [1.165, 1.54) is 6.42 Å². The average molecular weight is 185 g/mol. The van der Waals surface area contributed by atoms with Crippen LogP contribution in [0.25, 0.3) is 0 Å². The third-order valence-electron chi connectivity index (χ3n) is 2.55. The highest BCUT2D eigenvalue weighted by molar-refractivity contribution is 5.75. The van der Waals surface area contributed by atoms with Crippen molar-refractivity contribution in [2.45, 2.75) is 13.3 Å². The molecule has 1 saturated heterocycles. The molecular weight excluding hydrogens is 166 g/mol. The van der Waals surface area contributed by atoms with Gasteiger partial charge in [0.05, 0.1) is 6.54 Å². The van der Waals surface area contributed by atoms with Crippen LogP contribution in [0, 0.1) is 5.92 Å². The van der Waals surface area contributed by atoms with E-state index >= 15 is 0 Å². The smallest absolute Gasteiger partial charge is 0.231 e. The highest BCUT2D eigenvalue weighted by Gasteiger charge is 2.17. The molecule has 4 nitrogen and oxygen atoms in total. The number of amides is 1. The molecule has 0 aliphatic carbocycles. The molecule has 1 amide bonds. The van der Waals surface area contributed by atoms with E-state index in [9.17, 15) is 4.79 Å². The van der Waals surface area contributed by atoms with Crippen LogP contribution < -0.4 is 11.1 Å². The summed E-state index contributed by atoms with van der Waals surface area (Å²) in [6.45, 7) is 6.62. The summed E-state index contributed by atoms with van der Waals surface area (Å²) in [6, 6.07) is 0. The van der Waals surface area contributed by atoms with Crippen LogP contribution in [-0.2, 0) is 4.79 Å². The van der Waals surface area contributed by atoms with Gasteiger partial charge in [-0.05, 0) is 38.5 Å². The number of carbonyl (C=O) groups excluding carboxylic acids is 1. The molecule has 0 spiro atoms. The Hall–Kier alpha value is -0.610. The SMILES string of the molecule is CCN(CCC1CNC1)CC(N)=O. The van der Waals surface area contributed by atoms with Crippen molar-refractivity contribution in [2.75, 3.05) is 32.7 Å². The van der Waals surface area contributed by atoms with Gasteiger partial charge in [-0.25, -0.2) is 0 Å². The lowest BCUT2D eigenvalue weighted by atomic mass is 9.99. The zero-order valence-corrected chi connectivity index (χ0v) is 8.25. The molecule has 76 valence electrons. The van der Waals surface area contributed by atoms with Gasteiger partial charge in [0, 0.05) is 0 Å². The van der Waals surface area contributed by atoms with Crippen molar-refractivity contribution in [2.24, 2.45) is 11.7 Å². The van der Waals surface area contributed by atoms with Crippen LogP contribution in [0.3, 0.4) is 0 Å². The molecule has 0 bridgehead atoms. The Balaban J connectivity index is 2.10. The molecular formula is C9H19N3O. The monoisotopic (exact) mass is 185 g/mol. The minimum absolute atomic E-state index is 0.228. The summed E-state index contributed by atoms with van der Waals surface area (Å²) in [5, 5.41) is 3.23. The third-order valence-corrected chi connectivity index (χ3v) is 2.55. The quantitative estimate of drug-likeness (QED) is 0.581. The number of nitrogens with two attached hydrogens (primary N) is 1. The van der Waals surface area contributed by atoms with Gasteiger partial charge in [0.15, 0.2) is 0 Å². The Kier molecular flexibility index (Phi) is 4.18. The first-order valence-electron chi connectivity index (χ1n) is 4.93. The van der Waals surface area contributed by atoms with Gasteiger partial charge < -0.3 is 11.1 Å². The Morgan fingerprint density at radius 3 is 2.69 bits per heavy atom. The fraction of sp³-hybridized carbons (Fsp3) is 0.889. The zero-order valence-electron chi connectivity index (χ0n) is 8.25. The van der Waals surface area contributed by atoms with Gasteiger partial charge in [-0.15, -0.1) is 0 Å². The molecule has 0 atom stereocenters. The normalized spacial score (nSPS) is 17.4. The van der Waals surface area contributed by atoms with E-state index in [0.29, 0.717) is 6.54 Å². The predicted octanol–water partition coefficient (Wildman–Crippen LogP) is -0.597. The standard InChI is InChI=1S/C9H19N3O/c1-2-12(7-9(10)13)4-3-8-5-11-6-8/h8,11H,2-7H2,1H3,(H2,10,13). The highest BCUT2D eigenvalue weighted by Crippen LogP contribution is 2.08. The Bertz CT molecular complexity index is 168. The molecule has 0 aromatic rings. The van der Waals surface area contributed by atoms with Crippen molar-refractivity contribution in [1.82, 2.24) is 10.2 Å². The predicted molar refractivity (Wildman–Crippen MR) is 52.3 cm³/mol. The van der Waals surface area contributed by atoms with Crippen LogP contribution in [0.15, 0.2) is 0 Å². The topological polar surface area (TPSA) is 58.4 Å². The summed E-state index contributed by atoms with van der Waals surface area (Å²) >= 11 is 0. The second kappa shape index (κ2) is 5.19. The van der Waals surface area contributed by atoms with E-state index in [2.05, 4.69) is 17.1 Å². The molecule has 1 heterocycles. The van der Waals surface area contributed by atoms with Crippen LogP contribution in [-0.4, -0.2) is 43.5 Å². The van der Waals surface area contributed by atoms with E-state index in [0.717, 1.165) is 32.1 Å². The van der Waals surface area contributed by atoms with Crippen molar-refractivity contribution >= 4 is 5.91 Å². The molecule has 1 aliphatic rings. The first kappa shape index (κ1) is 10.5. The molecule has 0 aromatic carbocycles. The van der Waals surface area contributed by atoms with E-state index in [1.807, 2.05) is 0 Å². The van der Waals surface area contributed by atoms with Crippen LogP contribution >= 0.6 is 0 Å². The molecule has 0 aromatic heterocycles. The maximum Gasteiger partial charge on any atom is 0.231 e. The van der Waals surface area contributed by atoms with Gasteiger partial charge in [0.1, 0.15) is 0 Å². The number of hydrogen-bond donors (Lipinski definition) is 2. The molecule has 4 heteroatoms. The Labute approximate surface area is 79.5 Å². The van der Waals surface area contributed by atoms with Gasteiger partial charge in [0.2, 0.25) is 5.91 Å². The second-order valence-electron chi connectivity index (χ2n) is 3.65. The van der Waals surface area contributed by atoms with Crippen molar-refractivity contribution in [3.05, 3.63) is 0 Å². The first-order valence-corrected chi connectivity index (χ1v) is 4.93. The molecule has 0 saturated carbocycles. The van der Waals surface area contributed by atoms with Crippen LogP contribution in [0.2, 0.25) is 0 Å². The fourth-order valence-electron chi connectivity index (χ4n) is 1.49. The maximum atomic E-state index is 10.7. The zero-order chi connectivity index (χ0) is 9.68. The Morgan fingerprint density at radius 1 is 1.62 bits per heavy atom. The van der Waals surface area contributed by atoms with Crippen molar-refractivity contribution < 1.29 is 4.79 Å². The van der Waals surface area contributed by atoms with Crippen LogP contribution in [0.1, 0.15) is 13.3 Å². The van der Waals surface area contributed by atoms with Gasteiger partial charge in [-0.1, -0.05) is 6.92 Å². The fourth-order valence-corrected chi connectivity index (χ4v) is 1.49. The van der Waals surface area contributed by atoms with Crippen LogP contribution in [0.4, 0.5) is 0 Å². The highest BCUT2D eigenvalue weighted by atomic mass is 16.1. The lowest BCUT2D eigenvalue weighted by Gasteiger charge is -2.29. The number of carbonyl (C=O) groups is 1. The molecule has 0 radical (unpaired) electrons. The van der Waals surface area contributed by atoms with Gasteiger partial charge >= 0.3 is 0 Å². The maximum absolute atomic E-state index is 10.7. The van der Waals surface area contributed by atoms with Gasteiger partial charge in [-0.3, -0.25) is 9.69 Å². The Morgan fingerprint density at radius 2 is 2.31 bits per heavy atom. The summed E-state index contributed by atoms with van der Waals surface area (Å²) in [6.07, 6.45) is 1.17. The van der Waals surface area contributed by atoms with E-state index in [-0.39, 0.29) is 5.91 Å². The van der Waals surface area contributed by atoms with E-state index in [1.54, 1.807) is 0 Å². The number of primary amides is 1. The van der Waals surface area contributed by atoms with E-state index in [4.69, 9.17) is 5.73 Å². The van der Waals surface area contributed by atoms with Crippen molar-refractivity contribution in [3.8, 4) is 0 Å². The summed E-state index contributed by atoms with van der Waals surface area (Å²) in [7, 11) is 0. The molecule has 1 fully saturated rings. The minimum Gasteiger partial charge on any atom is -0.369 e. The summed E-state index contributed by atoms with van der Waals surface area (Å²) < 4.78 is 0. The molecule has 3 N–H and O–H groups in total. The number of nitrogens with one attached hydrogen (secondary N) is 1. The number of rotatable bonds is 6. The summed E-state index contributed by atoms with van der Waals surface area (Å²) in [5.74, 6) is 0.579. The van der Waals surface area contributed by atoms with Crippen molar-refractivity contribution in [3.63, 3.8) is 0 Å². The average Bonchev–Trinajstić information content (AvgIpc) is 1.99. The number of nitrogens with zero attached hydrogens (tertiary/aromatic N) is 1. The minimum atomic E-state index is -0.228. The first-order chi connectivity index (χ1) is 6.22. The molecule has 13 heavy (non-hydrogen) atoms. The number of likely N-dealkylation sites (N-methyl/N-ethyl adjacent to an activating group) is 1. The van der Waals surface area contributed by atoms with Gasteiger partial charge in [0.25, 0.3) is 0 Å².